The van der Waals surface area contributed by atoms with E-state index in [1.807, 2.05) is 0 Å². The molecule has 92 valence electrons. The van der Waals surface area contributed by atoms with Gasteiger partial charge in [0.05, 0.1) is 19.4 Å². The third-order valence-corrected chi connectivity index (χ3v) is 1.75. The molecule has 0 aliphatic heterocycles. The zero-order valence-corrected chi connectivity index (χ0v) is 9.49. The van der Waals surface area contributed by atoms with E-state index in [1.54, 1.807) is 13.8 Å². The Morgan fingerprint density at radius 2 is 1.94 bits per heavy atom. The van der Waals surface area contributed by atoms with Gasteiger partial charge in [-0.05, 0) is 13.8 Å². The molecule has 1 unspecified atom stereocenters. The molecule has 6 heteroatoms. The molecule has 1 atom stereocenters. The van der Waals surface area contributed by atoms with Crippen LogP contribution in [0.2, 0.25) is 0 Å². The molecular weight excluding hydrogens is 214 g/mol. The highest BCUT2D eigenvalue weighted by molar-refractivity contribution is 5.81. The Morgan fingerprint density at radius 1 is 1.31 bits per heavy atom. The van der Waals surface area contributed by atoms with Crippen molar-refractivity contribution >= 4 is 17.8 Å². The lowest BCUT2D eigenvalue weighted by Gasteiger charge is -2.12. The van der Waals surface area contributed by atoms with E-state index in [-0.39, 0.29) is 37.2 Å². The summed E-state index contributed by atoms with van der Waals surface area (Å²) < 4.78 is 4.71. The van der Waals surface area contributed by atoms with Gasteiger partial charge in [-0.2, -0.15) is 0 Å². The number of carboxylic acid groups (broad SMARTS) is 1. The highest BCUT2D eigenvalue weighted by atomic mass is 16.5. The maximum Gasteiger partial charge on any atom is 0.307 e. The van der Waals surface area contributed by atoms with Crippen molar-refractivity contribution in [1.29, 1.82) is 0 Å². The molecule has 1 amide bonds. The Bertz CT molecular complexity index is 264. The smallest absolute Gasteiger partial charge is 0.307 e. The van der Waals surface area contributed by atoms with Gasteiger partial charge in [0.25, 0.3) is 0 Å². The standard InChI is InChI=1S/C10H17NO5/c1-3-16-10(15)6-7(2)11-8(12)4-5-9(13)14/h7H,3-6H2,1-2H3,(H,11,12)(H,13,14). The first-order valence-corrected chi connectivity index (χ1v) is 5.12. The number of carbonyl (C=O) groups is 3. The summed E-state index contributed by atoms with van der Waals surface area (Å²) in [4.78, 5) is 32.4. The fourth-order valence-corrected chi connectivity index (χ4v) is 1.09. The average molecular weight is 231 g/mol. The van der Waals surface area contributed by atoms with E-state index in [0.717, 1.165) is 0 Å². The predicted octanol–water partition coefficient (Wildman–Crippen LogP) is 0.309. The summed E-state index contributed by atoms with van der Waals surface area (Å²) in [6.07, 6.45) is -0.201. The molecule has 0 saturated heterocycles. The van der Waals surface area contributed by atoms with Crippen molar-refractivity contribution in [3.8, 4) is 0 Å². The molecule has 2 N–H and O–H groups in total. The van der Waals surface area contributed by atoms with E-state index in [0.29, 0.717) is 6.61 Å². The van der Waals surface area contributed by atoms with Crippen LogP contribution in [0.4, 0.5) is 0 Å². The molecule has 0 aliphatic rings. The molecule has 0 fully saturated rings. The molecule has 0 bridgehead atoms. The number of hydrogen-bond acceptors (Lipinski definition) is 4. The molecular formula is C10H17NO5. The van der Waals surface area contributed by atoms with Crippen LogP contribution in [-0.2, 0) is 19.1 Å². The van der Waals surface area contributed by atoms with Gasteiger partial charge in [-0.25, -0.2) is 0 Å². The average Bonchev–Trinajstić information content (AvgIpc) is 2.14. The number of carbonyl (C=O) groups excluding carboxylic acids is 2. The molecule has 16 heavy (non-hydrogen) atoms. The summed E-state index contributed by atoms with van der Waals surface area (Å²) >= 11 is 0. The molecule has 0 rings (SSSR count). The van der Waals surface area contributed by atoms with E-state index < -0.39 is 5.97 Å². The monoisotopic (exact) mass is 231 g/mol. The molecule has 0 aromatic carbocycles. The molecule has 0 aromatic heterocycles. The Hall–Kier alpha value is -1.59. The van der Waals surface area contributed by atoms with Gasteiger partial charge in [-0.15, -0.1) is 0 Å². The zero-order valence-electron chi connectivity index (χ0n) is 9.49. The van der Waals surface area contributed by atoms with Crippen LogP contribution in [0.5, 0.6) is 0 Å². The van der Waals surface area contributed by atoms with Gasteiger partial charge in [-0.3, -0.25) is 14.4 Å². The van der Waals surface area contributed by atoms with Crippen molar-refractivity contribution < 1.29 is 24.2 Å². The summed E-state index contributed by atoms with van der Waals surface area (Å²) in [5.74, 6) is -1.78. The first kappa shape index (κ1) is 14.4. The van der Waals surface area contributed by atoms with E-state index in [2.05, 4.69) is 5.32 Å². The summed E-state index contributed by atoms with van der Waals surface area (Å²) in [6.45, 7) is 3.67. The summed E-state index contributed by atoms with van der Waals surface area (Å²) in [7, 11) is 0. The number of rotatable bonds is 7. The fraction of sp³-hybridized carbons (Fsp3) is 0.700. The van der Waals surface area contributed by atoms with Crippen molar-refractivity contribution in [3.05, 3.63) is 0 Å². The van der Waals surface area contributed by atoms with Crippen molar-refractivity contribution in [3.63, 3.8) is 0 Å². The minimum atomic E-state index is -1.02. The summed E-state index contributed by atoms with van der Waals surface area (Å²) in [5.41, 5.74) is 0. The van der Waals surface area contributed by atoms with Crippen LogP contribution in [-0.4, -0.2) is 35.6 Å². The lowest BCUT2D eigenvalue weighted by molar-refractivity contribution is -0.144. The van der Waals surface area contributed by atoms with Crippen LogP contribution in [0.25, 0.3) is 0 Å². The van der Waals surface area contributed by atoms with Crippen LogP contribution < -0.4 is 5.32 Å². The van der Waals surface area contributed by atoms with Crippen LogP contribution in [0.1, 0.15) is 33.1 Å². The summed E-state index contributed by atoms with van der Waals surface area (Å²) in [6, 6.07) is -0.347. The molecule has 0 radical (unpaired) electrons. The Morgan fingerprint density at radius 3 is 2.44 bits per heavy atom. The quantitative estimate of drug-likeness (QED) is 0.615. The topological polar surface area (TPSA) is 92.7 Å². The van der Waals surface area contributed by atoms with E-state index in [4.69, 9.17) is 9.84 Å². The van der Waals surface area contributed by atoms with E-state index in [9.17, 15) is 14.4 Å². The second kappa shape index (κ2) is 7.67. The number of amides is 1. The molecule has 6 nitrogen and oxygen atoms in total. The first-order valence-electron chi connectivity index (χ1n) is 5.12. The second-order valence-electron chi connectivity index (χ2n) is 3.37. The van der Waals surface area contributed by atoms with Crippen molar-refractivity contribution in [2.45, 2.75) is 39.2 Å². The van der Waals surface area contributed by atoms with Gasteiger partial charge in [-0.1, -0.05) is 0 Å². The normalized spacial score (nSPS) is 11.6. The predicted molar refractivity (Wildman–Crippen MR) is 55.7 cm³/mol. The Kier molecular flexibility index (Phi) is 6.91. The van der Waals surface area contributed by atoms with Crippen molar-refractivity contribution in [2.24, 2.45) is 0 Å². The summed E-state index contributed by atoms with van der Waals surface area (Å²) in [5, 5.41) is 10.9. The molecule has 0 aliphatic carbocycles. The van der Waals surface area contributed by atoms with Crippen LogP contribution in [0, 0.1) is 0 Å². The highest BCUT2D eigenvalue weighted by Gasteiger charge is 2.13. The maximum atomic E-state index is 11.2. The molecule has 0 aromatic rings. The van der Waals surface area contributed by atoms with Gasteiger partial charge in [0.1, 0.15) is 0 Å². The molecule has 0 heterocycles. The largest absolute Gasteiger partial charge is 0.481 e. The number of esters is 1. The van der Waals surface area contributed by atoms with Crippen molar-refractivity contribution in [1.82, 2.24) is 5.32 Å². The number of carboxylic acids is 1. The lowest BCUT2D eigenvalue weighted by Crippen LogP contribution is -2.34. The van der Waals surface area contributed by atoms with Crippen LogP contribution in [0.3, 0.4) is 0 Å². The van der Waals surface area contributed by atoms with E-state index >= 15 is 0 Å². The van der Waals surface area contributed by atoms with Crippen LogP contribution >= 0.6 is 0 Å². The third-order valence-electron chi connectivity index (χ3n) is 1.75. The first-order chi connectivity index (χ1) is 7.45. The second-order valence-corrected chi connectivity index (χ2v) is 3.37. The SMILES string of the molecule is CCOC(=O)CC(C)NC(=O)CCC(=O)O. The lowest BCUT2D eigenvalue weighted by atomic mass is 10.2. The molecule has 0 saturated carbocycles. The number of nitrogens with one attached hydrogen (secondary N) is 1. The number of ether oxygens (including phenoxy) is 1. The third kappa shape index (κ3) is 7.78. The van der Waals surface area contributed by atoms with Crippen LogP contribution in [0.15, 0.2) is 0 Å². The minimum absolute atomic E-state index is 0.0809. The van der Waals surface area contributed by atoms with Gasteiger partial charge in [0.2, 0.25) is 5.91 Å². The Balaban J connectivity index is 3.77. The molecule has 0 spiro atoms. The van der Waals surface area contributed by atoms with Gasteiger partial charge < -0.3 is 15.2 Å². The minimum Gasteiger partial charge on any atom is -0.481 e. The Labute approximate surface area is 94.0 Å². The van der Waals surface area contributed by atoms with E-state index in [1.165, 1.54) is 0 Å². The fourth-order valence-electron chi connectivity index (χ4n) is 1.09. The van der Waals surface area contributed by atoms with Gasteiger partial charge >= 0.3 is 11.9 Å². The maximum absolute atomic E-state index is 11.2. The highest BCUT2D eigenvalue weighted by Crippen LogP contribution is 1.96. The number of hydrogen-bond donors (Lipinski definition) is 2. The van der Waals surface area contributed by atoms with Gasteiger partial charge in [0.15, 0.2) is 0 Å². The zero-order chi connectivity index (χ0) is 12.6. The van der Waals surface area contributed by atoms with Crippen molar-refractivity contribution in [2.75, 3.05) is 6.61 Å². The van der Waals surface area contributed by atoms with Gasteiger partial charge in [0, 0.05) is 12.5 Å². The number of aliphatic carboxylic acids is 1.